The van der Waals surface area contributed by atoms with Crippen LogP contribution in [0.3, 0.4) is 0 Å². The molecule has 0 radical (unpaired) electrons. The van der Waals surface area contributed by atoms with Crippen molar-refractivity contribution in [3.8, 4) is 0 Å². The Morgan fingerprint density at radius 3 is 2.33 bits per heavy atom. The molecule has 0 aliphatic heterocycles. The van der Waals surface area contributed by atoms with Gasteiger partial charge >= 0.3 is 0 Å². The van der Waals surface area contributed by atoms with Gasteiger partial charge < -0.3 is 0 Å². The van der Waals surface area contributed by atoms with E-state index in [4.69, 9.17) is 0 Å². The maximum Gasteiger partial charge on any atom is 0.0877 e. The van der Waals surface area contributed by atoms with Crippen LogP contribution in [0.15, 0.2) is 23.5 Å². The van der Waals surface area contributed by atoms with Crippen LogP contribution in [0.25, 0.3) is 0 Å². The molecule has 0 nitrogen and oxygen atoms in total. The van der Waals surface area contributed by atoms with E-state index in [9.17, 15) is 4.39 Å². The van der Waals surface area contributed by atoms with E-state index in [1.54, 1.807) is 0 Å². The van der Waals surface area contributed by atoms with Crippen molar-refractivity contribution in [2.45, 2.75) is 0 Å². The molecule has 0 spiro atoms. The third-order valence-electron chi connectivity index (χ3n) is 0.244. The van der Waals surface area contributed by atoms with E-state index in [0.29, 0.717) is 10.8 Å². The highest BCUT2D eigenvalue weighted by Crippen LogP contribution is 2.00. The molecule has 0 fully saturated rings. The first-order valence-electron chi connectivity index (χ1n) is 1.38. The van der Waals surface area contributed by atoms with E-state index in [1.807, 2.05) is 0 Å². The second kappa shape index (κ2) is 3.09. The average Bonchev–Trinajstić information content (AvgIpc) is 1.35. The summed E-state index contributed by atoms with van der Waals surface area (Å²) in [5, 5.41) is 0. The number of rotatable bonds is 1. The highest BCUT2D eigenvalue weighted by atomic mass is 79.9. The van der Waals surface area contributed by atoms with Gasteiger partial charge in [-0.2, -0.15) is 0 Å². The summed E-state index contributed by atoms with van der Waals surface area (Å²) in [6, 6.07) is 0. The Hall–Kier alpha value is -0.110. The summed E-state index contributed by atoms with van der Waals surface area (Å²) in [6.45, 7) is 3.33. The zero-order valence-corrected chi connectivity index (χ0v) is 4.70. The predicted molar refractivity (Wildman–Crippen MR) is 28.3 cm³/mol. The molecule has 34 valence electrons. The van der Waals surface area contributed by atoms with Crippen LogP contribution < -0.4 is 0 Å². The van der Waals surface area contributed by atoms with Gasteiger partial charge in [0.05, 0.1) is 6.33 Å². The Morgan fingerprint density at radius 2 is 2.33 bits per heavy atom. The normalized spacial score (nSPS) is 9.67. The first-order valence-corrected chi connectivity index (χ1v) is 2.18. The molecule has 0 saturated heterocycles. The summed E-state index contributed by atoms with van der Waals surface area (Å²) < 4.78 is 11.5. The van der Waals surface area contributed by atoms with Gasteiger partial charge in [-0.3, -0.25) is 0 Å². The van der Waals surface area contributed by atoms with Crippen molar-refractivity contribution in [2.24, 2.45) is 0 Å². The molecule has 0 bridgehead atoms. The van der Waals surface area contributed by atoms with Crippen molar-refractivity contribution in [1.82, 2.24) is 0 Å². The van der Waals surface area contributed by atoms with Crippen LogP contribution in [0.4, 0.5) is 4.39 Å². The third kappa shape index (κ3) is 3.89. The summed E-state index contributed by atoms with van der Waals surface area (Å²) in [7, 11) is 0. The lowest BCUT2D eigenvalue weighted by molar-refractivity contribution is 0.721. The molecular weight excluding hydrogens is 147 g/mol. The number of hydrogen-bond donors (Lipinski definition) is 0. The number of halogens is 2. The van der Waals surface area contributed by atoms with Crippen molar-refractivity contribution in [3.05, 3.63) is 23.5 Å². The molecule has 0 saturated carbocycles. The molecule has 0 amide bonds. The monoisotopic (exact) mass is 150 g/mol. The van der Waals surface area contributed by atoms with E-state index in [0.717, 1.165) is 0 Å². The minimum Gasteiger partial charge on any atom is -0.216 e. The zero-order chi connectivity index (χ0) is 4.99. The lowest BCUT2D eigenvalue weighted by Crippen LogP contribution is -1.46. The summed E-state index contributed by atoms with van der Waals surface area (Å²) in [5.74, 6) is 0. The molecule has 2 heteroatoms. The van der Waals surface area contributed by atoms with Crippen molar-refractivity contribution in [2.75, 3.05) is 0 Å². The third-order valence-corrected chi connectivity index (χ3v) is 0.508. The van der Waals surface area contributed by atoms with Crippen LogP contribution in [-0.2, 0) is 0 Å². The Morgan fingerprint density at radius 1 is 1.83 bits per heavy atom. The molecule has 0 unspecified atom stereocenters. The molecule has 0 N–H and O–H groups in total. The van der Waals surface area contributed by atoms with Crippen molar-refractivity contribution in [3.63, 3.8) is 0 Å². The van der Waals surface area contributed by atoms with Crippen LogP contribution in [-0.4, -0.2) is 0 Å². The van der Waals surface area contributed by atoms with Gasteiger partial charge in [0.15, 0.2) is 0 Å². The fourth-order valence-electron chi connectivity index (χ4n) is 0.0684. The van der Waals surface area contributed by atoms with Gasteiger partial charge in [0.25, 0.3) is 0 Å². The molecule has 0 heterocycles. The Balaban J connectivity index is 3.30. The van der Waals surface area contributed by atoms with E-state index >= 15 is 0 Å². The van der Waals surface area contributed by atoms with Gasteiger partial charge in [-0.1, -0.05) is 22.5 Å². The quantitative estimate of drug-likeness (QED) is 0.504. The SMILES string of the molecule is C=C(Br)/C=C/F. The van der Waals surface area contributed by atoms with Gasteiger partial charge in [-0.25, -0.2) is 4.39 Å². The second-order valence-corrected chi connectivity index (χ2v) is 1.76. The molecular formula is C4H4BrF. The lowest BCUT2D eigenvalue weighted by atomic mass is 10.6. The molecule has 0 atom stereocenters. The van der Waals surface area contributed by atoms with Gasteiger partial charge in [0.1, 0.15) is 0 Å². The zero-order valence-electron chi connectivity index (χ0n) is 3.12. The van der Waals surface area contributed by atoms with Crippen molar-refractivity contribution < 1.29 is 4.39 Å². The Labute approximate surface area is 44.5 Å². The molecule has 0 aromatic rings. The second-order valence-electron chi connectivity index (χ2n) is 0.740. The van der Waals surface area contributed by atoms with E-state index in [-0.39, 0.29) is 0 Å². The van der Waals surface area contributed by atoms with E-state index < -0.39 is 0 Å². The van der Waals surface area contributed by atoms with Gasteiger partial charge in [0, 0.05) is 4.48 Å². The summed E-state index contributed by atoms with van der Waals surface area (Å²) in [4.78, 5) is 0. The summed E-state index contributed by atoms with van der Waals surface area (Å²) in [5.41, 5.74) is 0. The number of hydrogen-bond acceptors (Lipinski definition) is 0. The smallest absolute Gasteiger partial charge is 0.0877 e. The standard InChI is InChI=1S/C4H4BrF/c1-4(5)2-3-6/h2-3H,1H2/b3-2+. The van der Waals surface area contributed by atoms with Gasteiger partial charge in [-0.05, 0) is 6.08 Å². The maximum absolute atomic E-state index is 11.0. The molecule has 0 aromatic heterocycles. The molecule has 0 aliphatic rings. The highest BCUT2D eigenvalue weighted by Gasteiger charge is 1.68. The predicted octanol–water partition coefficient (Wildman–Crippen LogP) is 2.38. The van der Waals surface area contributed by atoms with Gasteiger partial charge in [0.2, 0.25) is 0 Å². The Kier molecular flexibility index (Phi) is 3.04. The van der Waals surface area contributed by atoms with E-state index in [1.165, 1.54) is 6.08 Å². The maximum atomic E-state index is 11.0. The minimum absolute atomic E-state index is 0.428. The Bertz CT molecular complexity index is 75.6. The van der Waals surface area contributed by atoms with Crippen LogP contribution >= 0.6 is 15.9 Å². The molecule has 0 aromatic carbocycles. The molecule has 0 rings (SSSR count). The first-order chi connectivity index (χ1) is 2.77. The summed E-state index contributed by atoms with van der Waals surface area (Å²) >= 11 is 2.91. The van der Waals surface area contributed by atoms with Crippen molar-refractivity contribution >= 4 is 15.9 Å². The number of allylic oxidation sites excluding steroid dienone is 2. The molecule has 0 aliphatic carbocycles. The van der Waals surface area contributed by atoms with Crippen LogP contribution in [0.2, 0.25) is 0 Å². The minimum atomic E-state index is 0.428. The largest absolute Gasteiger partial charge is 0.216 e. The van der Waals surface area contributed by atoms with Gasteiger partial charge in [-0.15, -0.1) is 0 Å². The van der Waals surface area contributed by atoms with Crippen LogP contribution in [0.5, 0.6) is 0 Å². The van der Waals surface area contributed by atoms with Crippen LogP contribution in [0.1, 0.15) is 0 Å². The van der Waals surface area contributed by atoms with Crippen molar-refractivity contribution in [1.29, 1.82) is 0 Å². The van der Waals surface area contributed by atoms with E-state index in [2.05, 4.69) is 22.5 Å². The topological polar surface area (TPSA) is 0 Å². The summed E-state index contributed by atoms with van der Waals surface area (Å²) in [6.07, 6.45) is 1.65. The highest BCUT2D eigenvalue weighted by molar-refractivity contribution is 9.11. The fourth-order valence-corrected chi connectivity index (χ4v) is 0.168. The first kappa shape index (κ1) is 5.89. The fraction of sp³-hybridized carbons (Fsp3) is 0. The molecule has 6 heavy (non-hydrogen) atoms. The van der Waals surface area contributed by atoms with Crippen LogP contribution in [0, 0.1) is 0 Å². The lowest BCUT2D eigenvalue weighted by Gasteiger charge is -1.71. The average molecular weight is 151 g/mol.